The Hall–Kier alpha value is -3.21. The Labute approximate surface area is 197 Å². The van der Waals surface area contributed by atoms with Gasteiger partial charge in [0.2, 0.25) is 5.91 Å². The number of nitrogens with zero attached hydrogens (tertiary/aromatic N) is 1. The third-order valence-corrected chi connectivity index (χ3v) is 8.05. The van der Waals surface area contributed by atoms with E-state index in [1.54, 1.807) is 73.2 Å². The van der Waals surface area contributed by atoms with Gasteiger partial charge in [0.1, 0.15) is 9.96 Å². The third-order valence-electron chi connectivity index (χ3n) is 4.82. The van der Waals surface area contributed by atoms with Crippen molar-refractivity contribution in [3.8, 4) is 5.75 Å². The van der Waals surface area contributed by atoms with Crippen molar-refractivity contribution in [3.05, 3.63) is 71.6 Å². The first-order chi connectivity index (χ1) is 15.8. The quantitative estimate of drug-likeness (QED) is 0.449. The van der Waals surface area contributed by atoms with E-state index in [9.17, 15) is 18.0 Å². The van der Waals surface area contributed by atoms with Gasteiger partial charge < -0.3 is 15.4 Å². The van der Waals surface area contributed by atoms with Crippen molar-refractivity contribution in [2.45, 2.75) is 17.1 Å². The molecule has 1 heterocycles. The highest BCUT2D eigenvalue weighted by molar-refractivity contribution is 7.91. The first-order valence-corrected chi connectivity index (χ1v) is 12.5. The SMILES string of the molecule is COc1ccc(NC(=O)c2ccc(NC(=O)CCCN(C)S(=O)(=O)c3cccs3)cc2)cc1. The normalized spacial score (nSPS) is 11.2. The lowest BCUT2D eigenvalue weighted by atomic mass is 10.2. The van der Waals surface area contributed by atoms with Crippen LogP contribution in [0.2, 0.25) is 0 Å². The van der Waals surface area contributed by atoms with E-state index in [2.05, 4.69) is 10.6 Å². The highest BCUT2D eigenvalue weighted by atomic mass is 32.2. The molecule has 10 heteroatoms. The van der Waals surface area contributed by atoms with E-state index < -0.39 is 10.0 Å². The number of carbonyl (C=O) groups excluding carboxylic acids is 2. The third kappa shape index (κ3) is 6.64. The number of benzene rings is 2. The summed E-state index contributed by atoms with van der Waals surface area (Å²) in [5.41, 5.74) is 1.65. The molecule has 174 valence electrons. The molecule has 0 fully saturated rings. The van der Waals surface area contributed by atoms with Crippen LogP contribution in [-0.4, -0.2) is 45.2 Å². The maximum absolute atomic E-state index is 12.4. The molecule has 2 aromatic carbocycles. The zero-order valence-electron chi connectivity index (χ0n) is 18.3. The van der Waals surface area contributed by atoms with Gasteiger partial charge in [-0.3, -0.25) is 9.59 Å². The number of rotatable bonds is 10. The van der Waals surface area contributed by atoms with E-state index in [-0.39, 0.29) is 29.0 Å². The highest BCUT2D eigenvalue weighted by Crippen LogP contribution is 2.20. The van der Waals surface area contributed by atoms with Gasteiger partial charge in [0.05, 0.1) is 7.11 Å². The minimum Gasteiger partial charge on any atom is -0.497 e. The van der Waals surface area contributed by atoms with Crippen molar-refractivity contribution < 1.29 is 22.7 Å². The van der Waals surface area contributed by atoms with E-state index in [1.807, 2.05) is 0 Å². The molecule has 0 unspecified atom stereocenters. The zero-order chi connectivity index (χ0) is 23.8. The summed E-state index contributed by atoms with van der Waals surface area (Å²) in [4.78, 5) is 24.6. The lowest BCUT2D eigenvalue weighted by Crippen LogP contribution is -2.28. The number of methoxy groups -OCH3 is 1. The number of ether oxygens (including phenoxy) is 1. The Morgan fingerprint density at radius 3 is 2.21 bits per heavy atom. The second-order valence-corrected chi connectivity index (χ2v) is 10.4. The van der Waals surface area contributed by atoms with Crippen LogP contribution in [-0.2, 0) is 14.8 Å². The van der Waals surface area contributed by atoms with Crippen molar-refractivity contribution in [2.24, 2.45) is 0 Å². The average Bonchev–Trinajstić information content (AvgIpc) is 3.36. The van der Waals surface area contributed by atoms with Crippen molar-refractivity contribution in [2.75, 3.05) is 31.3 Å². The van der Waals surface area contributed by atoms with Gasteiger partial charge in [-0.25, -0.2) is 12.7 Å². The Balaban J connectivity index is 1.46. The molecule has 2 amide bonds. The number of anilines is 2. The molecule has 0 radical (unpaired) electrons. The lowest BCUT2D eigenvalue weighted by molar-refractivity contribution is -0.116. The fourth-order valence-electron chi connectivity index (χ4n) is 2.95. The van der Waals surface area contributed by atoms with E-state index in [4.69, 9.17) is 4.74 Å². The largest absolute Gasteiger partial charge is 0.497 e. The molecule has 0 saturated heterocycles. The van der Waals surface area contributed by atoms with Crippen LogP contribution in [0.4, 0.5) is 11.4 Å². The minimum atomic E-state index is -3.52. The van der Waals surface area contributed by atoms with Gasteiger partial charge in [-0.1, -0.05) is 6.07 Å². The van der Waals surface area contributed by atoms with Crippen LogP contribution in [0.1, 0.15) is 23.2 Å². The Bertz CT molecular complexity index is 1180. The molecule has 3 rings (SSSR count). The maximum atomic E-state index is 12.4. The molecule has 0 aliphatic rings. The Morgan fingerprint density at radius 2 is 1.61 bits per heavy atom. The van der Waals surface area contributed by atoms with Gasteiger partial charge in [-0.2, -0.15) is 0 Å². The number of nitrogens with one attached hydrogen (secondary N) is 2. The fraction of sp³-hybridized carbons (Fsp3) is 0.217. The van der Waals surface area contributed by atoms with Crippen molar-refractivity contribution >= 4 is 44.5 Å². The Kier molecular flexibility index (Phi) is 8.21. The van der Waals surface area contributed by atoms with Gasteiger partial charge in [0.25, 0.3) is 15.9 Å². The smallest absolute Gasteiger partial charge is 0.255 e. The molecule has 0 saturated carbocycles. The van der Waals surface area contributed by atoms with E-state index in [0.29, 0.717) is 29.1 Å². The van der Waals surface area contributed by atoms with Crippen molar-refractivity contribution in [3.63, 3.8) is 0 Å². The predicted molar refractivity (Wildman–Crippen MR) is 129 cm³/mol. The molecule has 2 N–H and O–H groups in total. The molecule has 3 aromatic rings. The second kappa shape index (κ2) is 11.1. The molecular formula is C23H25N3O5S2. The van der Waals surface area contributed by atoms with E-state index in [1.165, 1.54) is 11.4 Å². The molecule has 0 aliphatic heterocycles. The Morgan fingerprint density at radius 1 is 0.970 bits per heavy atom. The van der Waals surface area contributed by atoms with Crippen LogP contribution in [0, 0.1) is 0 Å². The van der Waals surface area contributed by atoms with Gasteiger partial charge in [-0.05, 0) is 66.4 Å². The monoisotopic (exact) mass is 487 g/mol. The van der Waals surface area contributed by atoms with E-state index in [0.717, 1.165) is 11.3 Å². The minimum absolute atomic E-state index is 0.171. The zero-order valence-corrected chi connectivity index (χ0v) is 19.9. The molecule has 33 heavy (non-hydrogen) atoms. The van der Waals surface area contributed by atoms with Crippen LogP contribution in [0.3, 0.4) is 0 Å². The van der Waals surface area contributed by atoms with Crippen LogP contribution in [0.15, 0.2) is 70.3 Å². The summed E-state index contributed by atoms with van der Waals surface area (Å²) < 4.78 is 31.4. The number of thiophene rings is 1. The standard InChI is InChI=1S/C23H25N3O5S2/c1-26(33(29,30)22-6-4-16-32-22)15-3-5-21(27)24-18-9-7-17(8-10-18)23(28)25-19-11-13-20(31-2)14-12-19/h4,6-14,16H,3,5,15H2,1-2H3,(H,24,27)(H,25,28). The topological polar surface area (TPSA) is 105 Å². The number of hydrogen-bond acceptors (Lipinski definition) is 6. The summed E-state index contributed by atoms with van der Waals surface area (Å²) in [6.45, 7) is 0.234. The predicted octanol–water partition coefficient (Wildman–Crippen LogP) is 4.05. The number of amides is 2. The van der Waals surface area contributed by atoms with Gasteiger partial charge in [-0.15, -0.1) is 11.3 Å². The van der Waals surface area contributed by atoms with Crippen molar-refractivity contribution in [1.29, 1.82) is 0 Å². The fourth-order valence-corrected chi connectivity index (χ4v) is 5.36. The lowest BCUT2D eigenvalue weighted by Gasteiger charge is -2.15. The molecule has 1 aromatic heterocycles. The molecule has 0 atom stereocenters. The first-order valence-electron chi connectivity index (χ1n) is 10.1. The summed E-state index contributed by atoms with van der Waals surface area (Å²) in [6.07, 6.45) is 0.555. The molecule has 0 spiro atoms. The van der Waals surface area contributed by atoms with Crippen LogP contribution < -0.4 is 15.4 Å². The van der Waals surface area contributed by atoms with E-state index >= 15 is 0 Å². The van der Waals surface area contributed by atoms with Crippen molar-refractivity contribution in [1.82, 2.24) is 4.31 Å². The number of sulfonamides is 1. The molecular weight excluding hydrogens is 462 g/mol. The number of hydrogen-bond donors (Lipinski definition) is 2. The van der Waals surface area contributed by atoms with Gasteiger partial charge in [0, 0.05) is 37.0 Å². The summed E-state index contributed by atoms with van der Waals surface area (Å²) in [7, 11) is -0.440. The van der Waals surface area contributed by atoms with Crippen LogP contribution in [0.5, 0.6) is 5.75 Å². The molecule has 0 aliphatic carbocycles. The van der Waals surface area contributed by atoms with Gasteiger partial charge >= 0.3 is 0 Å². The number of carbonyl (C=O) groups is 2. The van der Waals surface area contributed by atoms with Gasteiger partial charge in [0.15, 0.2) is 0 Å². The summed E-state index contributed by atoms with van der Waals surface area (Å²) in [5, 5.41) is 7.27. The van der Waals surface area contributed by atoms with Crippen LogP contribution >= 0.6 is 11.3 Å². The second-order valence-electron chi connectivity index (χ2n) is 7.17. The summed E-state index contributed by atoms with van der Waals surface area (Å²) in [5.74, 6) is 0.198. The molecule has 0 bridgehead atoms. The average molecular weight is 488 g/mol. The first kappa shape index (κ1) is 24.4. The summed E-state index contributed by atoms with van der Waals surface area (Å²) in [6, 6.07) is 16.8. The maximum Gasteiger partial charge on any atom is 0.255 e. The van der Waals surface area contributed by atoms with Crippen LogP contribution in [0.25, 0.3) is 0 Å². The summed E-state index contributed by atoms with van der Waals surface area (Å²) >= 11 is 1.16. The molecule has 8 nitrogen and oxygen atoms in total. The highest BCUT2D eigenvalue weighted by Gasteiger charge is 2.21.